The third kappa shape index (κ3) is 4.15. The smallest absolute Gasteiger partial charge is 0.251 e. The molecule has 1 heterocycles. The van der Waals surface area contributed by atoms with Gasteiger partial charge >= 0.3 is 0 Å². The summed E-state index contributed by atoms with van der Waals surface area (Å²) in [5.74, 6) is 1.26. The summed E-state index contributed by atoms with van der Waals surface area (Å²) in [6, 6.07) is 12.1. The highest BCUT2D eigenvalue weighted by Gasteiger charge is 2.13. The van der Waals surface area contributed by atoms with Crippen molar-refractivity contribution in [3.8, 4) is 17.1 Å². The molecule has 3 aromatic rings. The molecule has 134 valence electrons. The number of carbonyl (C=O) groups is 1. The SMILES string of the molecule is COc1ccccc1-c1noc(CCNC(=O)c2ccc(Cl)c(Cl)c2)n1. The van der Waals surface area contributed by atoms with Gasteiger partial charge in [0.15, 0.2) is 0 Å². The molecule has 2 aromatic carbocycles. The molecule has 26 heavy (non-hydrogen) atoms. The molecule has 3 rings (SSSR count). The van der Waals surface area contributed by atoms with E-state index in [1.807, 2.05) is 24.3 Å². The van der Waals surface area contributed by atoms with Crippen molar-refractivity contribution < 1.29 is 14.1 Å². The first-order valence-corrected chi connectivity index (χ1v) is 8.53. The molecule has 0 radical (unpaired) electrons. The number of hydrogen-bond donors (Lipinski definition) is 1. The summed E-state index contributed by atoms with van der Waals surface area (Å²) < 4.78 is 10.5. The number of aromatic nitrogens is 2. The number of hydrogen-bond acceptors (Lipinski definition) is 5. The van der Waals surface area contributed by atoms with Gasteiger partial charge in [-0.15, -0.1) is 0 Å². The number of halogens is 2. The van der Waals surface area contributed by atoms with Crippen LogP contribution in [0.25, 0.3) is 11.4 Å². The molecule has 0 atom stereocenters. The van der Waals surface area contributed by atoms with Crippen LogP contribution < -0.4 is 10.1 Å². The van der Waals surface area contributed by atoms with Crippen molar-refractivity contribution >= 4 is 29.1 Å². The zero-order chi connectivity index (χ0) is 18.5. The van der Waals surface area contributed by atoms with E-state index in [9.17, 15) is 4.79 Å². The number of benzene rings is 2. The van der Waals surface area contributed by atoms with E-state index in [-0.39, 0.29) is 5.91 Å². The van der Waals surface area contributed by atoms with E-state index < -0.39 is 0 Å². The van der Waals surface area contributed by atoms with E-state index in [4.69, 9.17) is 32.5 Å². The van der Waals surface area contributed by atoms with E-state index in [1.54, 1.807) is 19.2 Å². The summed E-state index contributed by atoms with van der Waals surface area (Å²) in [6.07, 6.45) is 0.398. The predicted octanol–water partition coefficient (Wildman–Crippen LogP) is 4.02. The number of rotatable bonds is 6. The highest BCUT2D eigenvalue weighted by atomic mass is 35.5. The van der Waals surface area contributed by atoms with Gasteiger partial charge in [-0.3, -0.25) is 4.79 Å². The highest BCUT2D eigenvalue weighted by molar-refractivity contribution is 6.42. The van der Waals surface area contributed by atoms with Gasteiger partial charge in [-0.25, -0.2) is 0 Å². The largest absolute Gasteiger partial charge is 0.496 e. The van der Waals surface area contributed by atoms with Crippen molar-refractivity contribution in [1.29, 1.82) is 0 Å². The number of amides is 1. The predicted molar refractivity (Wildman–Crippen MR) is 98.8 cm³/mol. The summed E-state index contributed by atoms with van der Waals surface area (Å²) in [7, 11) is 1.58. The van der Waals surface area contributed by atoms with Crippen molar-refractivity contribution in [2.45, 2.75) is 6.42 Å². The van der Waals surface area contributed by atoms with E-state index in [0.717, 1.165) is 5.56 Å². The molecule has 0 saturated heterocycles. The van der Waals surface area contributed by atoms with Crippen LogP contribution in [-0.4, -0.2) is 29.7 Å². The normalized spacial score (nSPS) is 10.6. The molecular weight excluding hydrogens is 377 g/mol. The first-order valence-electron chi connectivity index (χ1n) is 7.77. The fraction of sp³-hybridized carbons (Fsp3) is 0.167. The van der Waals surface area contributed by atoms with Gasteiger partial charge in [-0.2, -0.15) is 4.98 Å². The second-order valence-corrected chi connectivity index (χ2v) is 6.16. The molecule has 0 bridgehead atoms. The summed E-state index contributed by atoms with van der Waals surface area (Å²) in [4.78, 5) is 16.4. The summed E-state index contributed by atoms with van der Waals surface area (Å²) in [5, 5.41) is 7.47. The maximum atomic E-state index is 12.1. The fourth-order valence-corrected chi connectivity index (χ4v) is 2.62. The Labute approximate surface area is 160 Å². The second kappa shape index (κ2) is 8.21. The van der Waals surface area contributed by atoms with Gasteiger partial charge in [-0.1, -0.05) is 40.5 Å². The first kappa shape index (κ1) is 18.2. The Morgan fingerprint density at radius 2 is 2.00 bits per heavy atom. The van der Waals surface area contributed by atoms with Crippen LogP contribution in [0.3, 0.4) is 0 Å². The minimum absolute atomic E-state index is 0.256. The van der Waals surface area contributed by atoms with Crippen LogP contribution in [0.4, 0.5) is 0 Å². The van der Waals surface area contributed by atoms with Gasteiger partial charge in [0.2, 0.25) is 11.7 Å². The van der Waals surface area contributed by atoms with Crippen molar-refractivity contribution in [1.82, 2.24) is 15.5 Å². The van der Waals surface area contributed by atoms with Crippen LogP contribution in [-0.2, 0) is 6.42 Å². The molecule has 8 heteroatoms. The molecule has 6 nitrogen and oxygen atoms in total. The molecule has 0 aliphatic rings. The standard InChI is InChI=1S/C18H15Cl2N3O3/c1-25-15-5-3-2-4-12(15)17-22-16(26-23-17)8-9-21-18(24)11-6-7-13(19)14(20)10-11/h2-7,10H,8-9H2,1H3,(H,21,24). The molecule has 1 amide bonds. The zero-order valence-electron chi connectivity index (χ0n) is 13.8. The number of methoxy groups -OCH3 is 1. The Balaban J connectivity index is 1.60. The van der Waals surface area contributed by atoms with Crippen molar-refractivity contribution in [2.24, 2.45) is 0 Å². The van der Waals surface area contributed by atoms with Crippen LogP contribution in [0, 0.1) is 0 Å². The number of carbonyl (C=O) groups excluding carboxylic acids is 1. The molecular formula is C18H15Cl2N3O3. The van der Waals surface area contributed by atoms with Gasteiger partial charge in [0.25, 0.3) is 5.91 Å². The summed E-state index contributed by atoms with van der Waals surface area (Å²) >= 11 is 11.8. The van der Waals surface area contributed by atoms with E-state index >= 15 is 0 Å². The Kier molecular flexibility index (Phi) is 5.75. The van der Waals surface area contributed by atoms with Crippen molar-refractivity contribution in [2.75, 3.05) is 13.7 Å². The fourth-order valence-electron chi connectivity index (χ4n) is 2.32. The minimum atomic E-state index is -0.256. The third-order valence-electron chi connectivity index (χ3n) is 3.62. The van der Waals surface area contributed by atoms with Gasteiger partial charge < -0.3 is 14.6 Å². The highest BCUT2D eigenvalue weighted by Crippen LogP contribution is 2.27. The first-order chi connectivity index (χ1) is 12.6. The Morgan fingerprint density at radius 3 is 2.77 bits per heavy atom. The second-order valence-electron chi connectivity index (χ2n) is 5.35. The maximum absolute atomic E-state index is 12.1. The van der Waals surface area contributed by atoms with Gasteiger partial charge in [0.05, 0.1) is 22.7 Å². The van der Waals surface area contributed by atoms with Crippen LogP contribution in [0.15, 0.2) is 47.0 Å². The quantitative estimate of drug-likeness (QED) is 0.686. The molecule has 0 aliphatic heterocycles. The lowest BCUT2D eigenvalue weighted by Crippen LogP contribution is -2.25. The number of nitrogens with one attached hydrogen (secondary N) is 1. The van der Waals surface area contributed by atoms with Gasteiger partial charge in [0, 0.05) is 18.5 Å². The molecule has 1 N–H and O–H groups in total. The van der Waals surface area contributed by atoms with E-state index in [0.29, 0.717) is 46.0 Å². The topological polar surface area (TPSA) is 77.3 Å². The zero-order valence-corrected chi connectivity index (χ0v) is 15.3. The minimum Gasteiger partial charge on any atom is -0.496 e. The lowest BCUT2D eigenvalue weighted by molar-refractivity contribution is 0.0953. The molecule has 0 fully saturated rings. The van der Waals surface area contributed by atoms with Crippen LogP contribution in [0.2, 0.25) is 10.0 Å². The average molecular weight is 392 g/mol. The van der Waals surface area contributed by atoms with Crippen LogP contribution >= 0.6 is 23.2 Å². The van der Waals surface area contributed by atoms with Crippen molar-refractivity contribution in [3.05, 3.63) is 64.0 Å². The number of nitrogens with zero attached hydrogens (tertiary/aromatic N) is 2. The maximum Gasteiger partial charge on any atom is 0.251 e. The molecule has 1 aromatic heterocycles. The van der Waals surface area contributed by atoms with E-state index in [1.165, 1.54) is 6.07 Å². The van der Waals surface area contributed by atoms with E-state index in [2.05, 4.69) is 15.5 Å². The summed E-state index contributed by atoms with van der Waals surface area (Å²) in [5.41, 5.74) is 1.17. The van der Waals surface area contributed by atoms with Crippen LogP contribution in [0.5, 0.6) is 5.75 Å². The lowest BCUT2D eigenvalue weighted by Gasteiger charge is -2.04. The lowest BCUT2D eigenvalue weighted by atomic mass is 10.2. The van der Waals surface area contributed by atoms with Crippen molar-refractivity contribution in [3.63, 3.8) is 0 Å². The Bertz CT molecular complexity index is 928. The number of ether oxygens (including phenoxy) is 1. The monoisotopic (exact) mass is 391 g/mol. The summed E-state index contributed by atoms with van der Waals surface area (Å²) in [6.45, 7) is 0.340. The Hall–Kier alpha value is -2.57. The number of para-hydroxylation sites is 1. The molecule has 0 unspecified atom stereocenters. The van der Waals surface area contributed by atoms with Crippen LogP contribution in [0.1, 0.15) is 16.2 Å². The van der Waals surface area contributed by atoms with Gasteiger partial charge in [0.1, 0.15) is 5.75 Å². The molecule has 0 aliphatic carbocycles. The van der Waals surface area contributed by atoms with Gasteiger partial charge in [-0.05, 0) is 30.3 Å². The Morgan fingerprint density at radius 1 is 1.19 bits per heavy atom. The third-order valence-corrected chi connectivity index (χ3v) is 4.36. The molecule has 0 saturated carbocycles. The average Bonchev–Trinajstić information content (AvgIpc) is 3.12. The molecule has 0 spiro atoms.